The SMILES string of the molecule is CC1(C)C2CCCCC2N(C2CCC(C3CCCC4C5CCC6OC7CCCCC7C6C5SC34)CC2)C2CCCCC21. The second kappa shape index (κ2) is 11.2. The Labute approximate surface area is 263 Å². The van der Waals surface area contributed by atoms with Crippen molar-refractivity contribution in [2.75, 3.05) is 0 Å². The van der Waals surface area contributed by atoms with Crippen molar-refractivity contribution in [3.05, 3.63) is 0 Å². The third-order valence-electron chi connectivity index (χ3n) is 16.3. The van der Waals surface area contributed by atoms with Gasteiger partial charge in [0.15, 0.2) is 0 Å². The summed E-state index contributed by atoms with van der Waals surface area (Å²) < 4.78 is 6.81. The third-order valence-corrected chi connectivity index (χ3v) is 18.3. The van der Waals surface area contributed by atoms with Gasteiger partial charge in [-0.1, -0.05) is 58.8 Å². The van der Waals surface area contributed by atoms with Crippen molar-refractivity contribution < 1.29 is 4.74 Å². The van der Waals surface area contributed by atoms with Gasteiger partial charge in [0, 0.05) is 34.5 Å². The van der Waals surface area contributed by atoms with Crippen molar-refractivity contribution in [1.82, 2.24) is 4.90 Å². The van der Waals surface area contributed by atoms with E-state index < -0.39 is 0 Å². The Kier molecular flexibility index (Phi) is 7.60. The molecule has 3 heteroatoms. The molecule has 3 saturated heterocycles. The van der Waals surface area contributed by atoms with Gasteiger partial charge in [0.25, 0.3) is 0 Å². The smallest absolute Gasteiger partial charge is 0.0621 e. The molecule has 3 aliphatic heterocycles. The van der Waals surface area contributed by atoms with Crippen LogP contribution in [0.15, 0.2) is 0 Å². The van der Waals surface area contributed by atoms with E-state index in [2.05, 4.69) is 30.5 Å². The van der Waals surface area contributed by atoms with Gasteiger partial charge in [-0.15, -0.1) is 0 Å². The number of fused-ring (bicyclic) bond motifs is 9. The topological polar surface area (TPSA) is 12.5 Å². The molecule has 9 rings (SSSR count). The maximum atomic E-state index is 6.81. The number of thioether (sulfide) groups is 1. The van der Waals surface area contributed by atoms with Crippen molar-refractivity contribution in [3.63, 3.8) is 0 Å². The Morgan fingerprint density at radius 3 is 1.90 bits per heavy atom. The monoisotopic (exact) mass is 593 g/mol. The van der Waals surface area contributed by atoms with E-state index in [1.54, 1.807) is 32.1 Å². The lowest BCUT2D eigenvalue weighted by Crippen LogP contribution is -2.66. The van der Waals surface area contributed by atoms with Crippen LogP contribution in [0, 0.1) is 52.8 Å². The molecule has 0 aromatic heterocycles. The zero-order chi connectivity index (χ0) is 28.0. The molecule has 0 radical (unpaired) electrons. The van der Waals surface area contributed by atoms with Gasteiger partial charge in [-0.25, -0.2) is 0 Å². The standard InChI is InChI=1S/C39H63NOS/c1-39(2)30-13-4-6-15-32(30)40(33-16-7-5-14-31(33)39)25-20-18-24(19-21-25)26-11-9-12-27-28-22-23-35-36(38(28)42-37(26)27)29-10-3-8-17-34(29)41-35/h24-38H,3-23H2,1-2H3. The molecule has 0 spiro atoms. The molecule has 3 heterocycles. The quantitative estimate of drug-likeness (QED) is 0.316. The molecular formula is C39H63NOS. The lowest BCUT2D eigenvalue weighted by molar-refractivity contribution is -0.143. The average Bonchev–Trinajstić information content (AvgIpc) is 3.60. The molecule has 13 unspecified atom stereocenters. The van der Waals surface area contributed by atoms with Crippen LogP contribution >= 0.6 is 11.8 Å². The summed E-state index contributed by atoms with van der Waals surface area (Å²) in [5.41, 5.74) is 0.568. The molecule has 236 valence electrons. The molecule has 13 atom stereocenters. The summed E-state index contributed by atoms with van der Waals surface area (Å²) >= 11 is 2.58. The Balaban J connectivity index is 0.905. The van der Waals surface area contributed by atoms with Gasteiger partial charge in [0.2, 0.25) is 0 Å². The zero-order valence-corrected chi connectivity index (χ0v) is 28.1. The molecule has 0 aromatic rings. The van der Waals surface area contributed by atoms with E-state index in [9.17, 15) is 0 Å². The number of ether oxygens (including phenoxy) is 1. The Morgan fingerprint density at radius 1 is 0.524 bits per heavy atom. The summed E-state index contributed by atoms with van der Waals surface area (Å²) in [5, 5.41) is 1.95. The minimum Gasteiger partial charge on any atom is -0.374 e. The van der Waals surface area contributed by atoms with E-state index in [1.165, 1.54) is 103 Å². The summed E-state index contributed by atoms with van der Waals surface area (Å²) in [6, 6.07) is 2.73. The van der Waals surface area contributed by atoms with E-state index in [0.717, 1.165) is 76.0 Å². The second-order valence-corrected chi connectivity index (χ2v) is 19.4. The highest BCUT2D eigenvalue weighted by molar-refractivity contribution is 8.00. The van der Waals surface area contributed by atoms with Gasteiger partial charge in [0.1, 0.15) is 0 Å². The van der Waals surface area contributed by atoms with Crippen LogP contribution < -0.4 is 0 Å². The van der Waals surface area contributed by atoms with E-state index in [-0.39, 0.29) is 0 Å². The Morgan fingerprint density at radius 2 is 1.14 bits per heavy atom. The highest BCUT2D eigenvalue weighted by Gasteiger charge is 2.60. The highest BCUT2D eigenvalue weighted by atomic mass is 32.2. The molecule has 2 nitrogen and oxygen atoms in total. The van der Waals surface area contributed by atoms with Crippen molar-refractivity contribution in [3.8, 4) is 0 Å². The Hall–Kier alpha value is 0.270. The summed E-state index contributed by atoms with van der Waals surface area (Å²) in [5.74, 6) is 7.92. The van der Waals surface area contributed by atoms with Crippen LogP contribution in [0.4, 0.5) is 0 Å². The summed E-state index contributed by atoms with van der Waals surface area (Å²) in [7, 11) is 0. The van der Waals surface area contributed by atoms with Gasteiger partial charge < -0.3 is 4.74 Å². The summed E-state index contributed by atoms with van der Waals surface area (Å²) in [4.78, 5) is 3.29. The van der Waals surface area contributed by atoms with E-state index in [4.69, 9.17) is 4.74 Å². The second-order valence-electron chi connectivity index (χ2n) is 18.1. The first-order chi connectivity index (χ1) is 20.6. The van der Waals surface area contributed by atoms with Crippen LogP contribution in [0.5, 0.6) is 0 Å². The molecule has 42 heavy (non-hydrogen) atoms. The third kappa shape index (κ3) is 4.44. The highest BCUT2D eigenvalue weighted by Crippen LogP contribution is 2.64. The van der Waals surface area contributed by atoms with Gasteiger partial charge in [-0.3, -0.25) is 4.90 Å². The van der Waals surface area contributed by atoms with Crippen molar-refractivity contribution in [2.45, 2.75) is 190 Å². The predicted octanol–water partition coefficient (Wildman–Crippen LogP) is 9.89. The minimum atomic E-state index is 0.568. The first-order valence-electron chi connectivity index (χ1n) is 19.7. The lowest BCUT2D eigenvalue weighted by atomic mass is 9.54. The first-order valence-corrected chi connectivity index (χ1v) is 20.6. The lowest BCUT2D eigenvalue weighted by Gasteiger charge is -2.64. The number of likely N-dealkylation sites (tertiary alicyclic amines) is 1. The number of piperidine rings is 1. The van der Waals surface area contributed by atoms with Gasteiger partial charge in [0.05, 0.1) is 12.2 Å². The number of hydrogen-bond donors (Lipinski definition) is 0. The molecule has 0 aromatic carbocycles. The van der Waals surface area contributed by atoms with Gasteiger partial charge in [-0.05, 0) is 137 Å². The molecular weight excluding hydrogens is 531 g/mol. The van der Waals surface area contributed by atoms with Crippen molar-refractivity contribution in [1.29, 1.82) is 0 Å². The first kappa shape index (κ1) is 28.5. The molecule has 6 aliphatic carbocycles. The number of hydrogen-bond acceptors (Lipinski definition) is 3. The molecule has 0 N–H and O–H groups in total. The fourth-order valence-electron chi connectivity index (χ4n) is 14.6. The fraction of sp³-hybridized carbons (Fsp3) is 1.00. The largest absolute Gasteiger partial charge is 0.374 e. The summed E-state index contributed by atoms with van der Waals surface area (Å²) in [6.07, 6.45) is 32.8. The van der Waals surface area contributed by atoms with Crippen LogP contribution in [-0.4, -0.2) is 45.7 Å². The Bertz CT molecular complexity index is 947. The predicted molar refractivity (Wildman–Crippen MR) is 176 cm³/mol. The average molecular weight is 594 g/mol. The number of nitrogens with zero attached hydrogens (tertiary/aromatic N) is 1. The van der Waals surface area contributed by atoms with Crippen LogP contribution in [0.25, 0.3) is 0 Å². The van der Waals surface area contributed by atoms with Crippen LogP contribution in [0.1, 0.15) is 149 Å². The normalized spacial score (nSPS) is 55.4. The van der Waals surface area contributed by atoms with E-state index in [0.29, 0.717) is 17.6 Å². The van der Waals surface area contributed by atoms with Crippen LogP contribution in [0.2, 0.25) is 0 Å². The maximum absolute atomic E-state index is 6.81. The fourth-order valence-corrected chi connectivity index (χ4v) is 17.2. The van der Waals surface area contributed by atoms with Crippen molar-refractivity contribution >= 4 is 11.8 Å². The van der Waals surface area contributed by atoms with Crippen LogP contribution in [0.3, 0.4) is 0 Å². The van der Waals surface area contributed by atoms with Crippen molar-refractivity contribution in [2.24, 2.45) is 52.8 Å². The molecule has 0 bridgehead atoms. The number of rotatable bonds is 2. The zero-order valence-electron chi connectivity index (χ0n) is 27.3. The molecule has 6 saturated carbocycles. The van der Waals surface area contributed by atoms with E-state index >= 15 is 0 Å². The maximum Gasteiger partial charge on any atom is 0.0621 e. The molecule has 9 fully saturated rings. The molecule has 9 aliphatic rings. The van der Waals surface area contributed by atoms with Crippen LogP contribution in [-0.2, 0) is 4.74 Å². The van der Waals surface area contributed by atoms with E-state index in [1.807, 2.05) is 0 Å². The van der Waals surface area contributed by atoms with Gasteiger partial charge in [-0.2, -0.15) is 11.8 Å². The minimum absolute atomic E-state index is 0.568. The molecule has 0 amide bonds. The summed E-state index contributed by atoms with van der Waals surface area (Å²) in [6.45, 7) is 5.41. The van der Waals surface area contributed by atoms with Gasteiger partial charge >= 0.3 is 0 Å².